The zero-order chi connectivity index (χ0) is 8.10. The minimum atomic E-state index is -0.356. The highest BCUT2D eigenvalue weighted by atomic mass is 16.5. The third-order valence-electron chi connectivity index (χ3n) is 0.967. The summed E-state index contributed by atoms with van der Waals surface area (Å²) in [4.78, 5) is 11.9. The van der Waals surface area contributed by atoms with Crippen LogP contribution in [0.3, 0.4) is 0 Å². The third-order valence-corrected chi connectivity index (χ3v) is 0.967. The molecule has 0 atom stereocenters. The number of nitrogens with zero attached hydrogens (tertiary/aromatic N) is 4. The number of aromatic nitrogens is 4. The van der Waals surface area contributed by atoms with Gasteiger partial charge in [-0.25, -0.2) is 4.79 Å². The number of esters is 1. The Balaban J connectivity index is 2.37. The van der Waals surface area contributed by atoms with E-state index in [1.807, 2.05) is 0 Å². The van der Waals surface area contributed by atoms with Gasteiger partial charge >= 0.3 is 5.97 Å². The summed E-state index contributed by atoms with van der Waals surface area (Å²) in [5.41, 5.74) is 0. The molecule has 0 saturated heterocycles. The van der Waals surface area contributed by atoms with Crippen LogP contribution in [-0.2, 0) is 16.1 Å². The number of hydrogen-bond acceptors (Lipinski definition) is 5. The third kappa shape index (κ3) is 2.32. The van der Waals surface area contributed by atoms with E-state index >= 15 is 0 Å². The van der Waals surface area contributed by atoms with Gasteiger partial charge in [-0.1, -0.05) is 0 Å². The van der Waals surface area contributed by atoms with Crippen LogP contribution in [0, 0.1) is 0 Å². The first-order valence-corrected chi connectivity index (χ1v) is 3.19. The van der Waals surface area contributed by atoms with Crippen molar-refractivity contribution in [2.45, 2.75) is 13.5 Å². The molecule has 1 aromatic rings. The minimum absolute atomic E-state index is 0.0217. The summed E-state index contributed by atoms with van der Waals surface area (Å²) in [6.07, 6.45) is 1.26. The molecule has 60 valence electrons. The molecule has 0 aliphatic carbocycles. The molecule has 0 aliphatic heterocycles. The van der Waals surface area contributed by atoms with Crippen LogP contribution in [0.15, 0.2) is 6.33 Å². The van der Waals surface area contributed by atoms with Gasteiger partial charge in [-0.3, -0.25) is 0 Å². The molecule has 0 aliphatic rings. The van der Waals surface area contributed by atoms with Gasteiger partial charge in [-0.15, -0.1) is 10.2 Å². The topological polar surface area (TPSA) is 69.9 Å². The summed E-state index contributed by atoms with van der Waals surface area (Å²) >= 11 is 0. The SMILES string of the molecule is CCOC(=O)Cn1ncnn1. The van der Waals surface area contributed by atoms with Gasteiger partial charge in [0.05, 0.1) is 6.61 Å². The van der Waals surface area contributed by atoms with Crippen molar-refractivity contribution in [3.05, 3.63) is 6.33 Å². The Hall–Kier alpha value is -1.46. The summed E-state index contributed by atoms with van der Waals surface area (Å²) in [7, 11) is 0. The summed E-state index contributed by atoms with van der Waals surface area (Å²) in [6.45, 7) is 2.13. The highest BCUT2D eigenvalue weighted by Crippen LogP contribution is 1.81. The molecule has 1 aromatic heterocycles. The highest BCUT2D eigenvalue weighted by molar-refractivity contribution is 5.68. The Morgan fingerprint density at radius 1 is 1.73 bits per heavy atom. The van der Waals surface area contributed by atoms with Crippen molar-refractivity contribution in [3.63, 3.8) is 0 Å². The number of hydrogen-bond donors (Lipinski definition) is 0. The molecule has 0 radical (unpaired) electrons. The molecule has 1 rings (SSSR count). The lowest BCUT2D eigenvalue weighted by Crippen LogP contribution is -2.15. The molecule has 0 aromatic carbocycles. The Morgan fingerprint density at radius 3 is 3.09 bits per heavy atom. The van der Waals surface area contributed by atoms with Crippen LogP contribution in [0.25, 0.3) is 0 Å². The Labute approximate surface area is 63.1 Å². The zero-order valence-electron chi connectivity index (χ0n) is 6.10. The molecular formula is C5H8N4O2. The average Bonchev–Trinajstić information content (AvgIpc) is 2.40. The maximum atomic E-state index is 10.8. The van der Waals surface area contributed by atoms with Crippen molar-refractivity contribution in [3.8, 4) is 0 Å². The zero-order valence-corrected chi connectivity index (χ0v) is 6.10. The van der Waals surface area contributed by atoms with Crippen LogP contribution in [0.5, 0.6) is 0 Å². The summed E-state index contributed by atoms with van der Waals surface area (Å²) in [5.74, 6) is -0.356. The van der Waals surface area contributed by atoms with Gasteiger partial charge in [0.25, 0.3) is 0 Å². The van der Waals surface area contributed by atoms with E-state index in [-0.39, 0.29) is 12.5 Å². The molecule has 0 amide bonds. The van der Waals surface area contributed by atoms with Gasteiger partial charge in [0, 0.05) is 0 Å². The average molecular weight is 156 g/mol. The van der Waals surface area contributed by atoms with Crippen molar-refractivity contribution in [1.82, 2.24) is 20.2 Å². The van der Waals surface area contributed by atoms with E-state index in [0.29, 0.717) is 6.61 Å². The number of tetrazole rings is 1. The smallest absolute Gasteiger partial charge is 0.329 e. The second-order valence-electron chi connectivity index (χ2n) is 1.77. The predicted molar refractivity (Wildman–Crippen MR) is 34.4 cm³/mol. The quantitative estimate of drug-likeness (QED) is 0.538. The Kier molecular flexibility index (Phi) is 2.53. The number of ether oxygens (including phenoxy) is 1. The summed E-state index contributed by atoms with van der Waals surface area (Å²) < 4.78 is 4.65. The van der Waals surface area contributed by atoms with Gasteiger partial charge in [0.2, 0.25) is 0 Å². The molecule has 0 fully saturated rings. The molecular weight excluding hydrogens is 148 g/mol. The van der Waals surface area contributed by atoms with E-state index in [2.05, 4.69) is 20.1 Å². The second kappa shape index (κ2) is 3.65. The molecule has 0 N–H and O–H groups in total. The molecule has 0 bridgehead atoms. The molecule has 1 heterocycles. The second-order valence-corrected chi connectivity index (χ2v) is 1.77. The maximum Gasteiger partial charge on any atom is 0.329 e. The van der Waals surface area contributed by atoms with Crippen LogP contribution in [0.4, 0.5) is 0 Å². The van der Waals surface area contributed by atoms with E-state index in [0.717, 1.165) is 4.80 Å². The van der Waals surface area contributed by atoms with Crippen molar-refractivity contribution >= 4 is 5.97 Å². The minimum Gasteiger partial charge on any atom is -0.465 e. The Bertz CT molecular complexity index is 220. The van der Waals surface area contributed by atoms with E-state index in [1.54, 1.807) is 6.92 Å². The number of carbonyl (C=O) groups excluding carboxylic acids is 1. The van der Waals surface area contributed by atoms with Gasteiger partial charge in [0.1, 0.15) is 0 Å². The lowest BCUT2D eigenvalue weighted by atomic mass is 10.7. The first-order valence-electron chi connectivity index (χ1n) is 3.19. The van der Waals surface area contributed by atoms with Crippen LogP contribution >= 0.6 is 0 Å². The molecule has 0 spiro atoms. The van der Waals surface area contributed by atoms with Gasteiger partial charge < -0.3 is 4.74 Å². The summed E-state index contributed by atoms with van der Waals surface area (Å²) in [6, 6.07) is 0. The van der Waals surface area contributed by atoms with Crippen LogP contribution in [-0.4, -0.2) is 32.8 Å². The normalized spacial score (nSPS) is 9.55. The maximum absolute atomic E-state index is 10.8. The fourth-order valence-corrected chi connectivity index (χ4v) is 0.583. The molecule has 6 nitrogen and oxygen atoms in total. The van der Waals surface area contributed by atoms with Crippen molar-refractivity contribution in [1.29, 1.82) is 0 Å². The van der Waals surface area contributed by atoms with Crippen molar-refractivity contribution in [2.24, 2.45) is 0 Å². The lowest BCUT2D eigenvalue weighted by Gasteiger charge is -1.98. The van der Waals surface area contributed by atoms with E-state index in [9.17, 15) is 4.79 Å². The Morgan fingerprint density at radius 2 is 2.55 bits per heavy atom. The highest BCUT2D eigenvalue weighted by Gasteiger charge is 2.03. The van der Waals surface area contributed by atoms with Gasteiger partial charge in [-0.2, -0.15) is 4.80 Å². The van der Waals surface area contributed by atoms with Crippen LogP contribution in [0.2, 0.25) is 0 Å². The lowest BCUT2D eigenvalue weighted by molar-refractivity contribution is -0.144. The largest absolute Gasteiger partial charge is 0.465 e. The fourth-order valence-electron chi connectivity index (χ4n) is 0.583. The number of carbonyl (C=O) groups is 1. The summed E-state index contributed by atoms with van der Waals surface area (Å²) in [5, 5.41) is 10.6. The predicted octanol–water partition coefficient (Wildman–Crippen LogP) is -0.764. The standard InChI is InChI=1S/C5H8N4O2/c1-2-11-5(10)3-9-7-4-6-8-9/h4H,2-3H2,1H3. The molecule has 0 unspecified atom stereocenters. The van der Waals surface area contributed by atoms with Crippen molar-refractivity contribution in [2.75, 3.05) is 6.61 Å². The molecule has 11 heavy (non-hydrogen) atoms. The first-order chi connectivity index (χ1) is 5.33. The van der Waals surface area contributed by atoms with Crippen LogP contribution < -0.4 is 0 Å². The van der Waals surface area contributed by atoms with Crippen LogP contribution in [0.1, 0.15) is 6.92 Å². The number of rotatable bonds is 3. The van der Waals surface area contributed by atoms with Gasteiger partial charge in [0.15, 0.2) is 12.9 Å². The van der Waals surface area contributed by atoms with Gasteiger partial charge in [-0.05, 0) is 12.1 Å². The first kappa shape index (κ1) is 7.64. The molecule has 0 saturated carbocycles. The fraction of sp³-hybridized carbons (Fsp3) is 0.600. The van der Waals surface area contributed by atoms with E-state index in [4.69, 9.17) is 0 Å². The van der Waals surface area contributed by atoms with E-state index in [1.165, 1.54) is 6.33 Å². The molecule has 6 heteroatoms. The van der Waals surface area contributed by atoms with Crippen molar-refractivity contribution < 1.29 is 9.53 Å². The monoisotopic (exact) mass is 156 g/mol. The van der Waals surface area contributed by atoms with E-state index < -0.39 is 0 Å².